The summed E-state index contributed by atoms with van der Waals surface area (Å²) in [6.07, 6.45) is -3.59. The van der Waals surface area contributed by atoms with Crippen LogP contribution >= 0.6 is 34.8 Å². The minimum absolute atomic E-state index is 0.0895. The molecule has 1 aliphatic rings. The van der Waals surface area contributed by atoms with E-state index in [0.717, 1.165) is 6.07 Å². The molecule has 1 N–H and O–H groups in total. The third-order valence-electron chi connectivity index (χ3n) is 5.59. The Bertz CT molecular complexity index is 1540. The third kappa shape index (κ3) is 6.35. The van der Waals surface area contributed by atoms with Gasteiger partial charge in [-0.3, -0.25) is 14.9 Å². The lowest BCUT2D eigenvalue weighted by atomic mass is 10.1. The Labute approximate surface area is 241 Å². The number of benzene rings is 3. The highest BCUT2D eigenvalue weighted by Gasteiger charge is 2.39. The predicted octanol–water partition coefficient (Wildman–Crippen LogP) is 7.31. The summed E-state index contributed by atoms with van der Waals surface area (Å²) in [7, 11) is 0. The maximum Gasteiger partial charge on any atom is 0.416 e. The van der Waals surface area contributed by atoms with Crippen LogP contribution in [0.2, 0.25) is 15.1 Å². The van der Waals surface area contributed by atoms with Gasteiger partial charge in [-0.2, -0.15) is 13.2 Å². The molecule has 1 fully saturated rings. The van der Waals surface area contributed by atoms with Crippen LogP contribution < -0.4 is 19.7 Å². The van der Waals surface area contributed by atoms with Gasteiger partial charge in [-0.1, -0.05) is 46.9 Å². The lowest BCUT2D eigenvalue weighted by molar-refractivity contribution is -0.137. The summed E-state index contributed by atoms with van der Waals surface area (Å²) < 4.78 is 51.3. The van der Waals surface area contributed by atoms with E-state index in [1.54, 1.807) is 31.2 Å². The first-order chi connectivity index (χ1) is 18.9. The van der Waals surface area contributed by atoms with E-state index in [4.69, 9.17) is 44.3 Å². The maximum absolute atomic E-state index is 13.3. The van der Waals surface area contributed by atoms with Crippen LogP contribution in [0.15, 0.2) is 60.2 Å². The van der Waals surface area contributed by atoms with Gasteiger partial charge in [0.15, 0.2) is 11.5 Å². The van der Waals surface area contributed by atoms with Gasteiger partial charge in [-0.15, -0.1) is 0 Å². The number of ether oxygens (including phenoxy) is 2. The van der Waals surface area contributed by atoms with Crippen LogP contribution in [0.5, 0.6) is 11.5 Å². The molecule has 0 aliphatic carbocycles. The summed E-state index contributed by atoms with van der Waals surface area (Å²) in [5.74, 6) is -1.59. The molecule has 4 amide bonds. The summed E-state index contributed by atoms with van der Waals surface area (Å²) in [6, 6.07) is 10.4. The molecule has 1 heterocycles. The van der Waals surface area contributed by atoms with Gasteiger partial charge in [0, 0.05) is 15.6 Å². The van der Waals surface area contributed by atoms with E-state index >= 15 is 0 Å². The Hall–Kier alpha value is -3.73. The van der Waals surface area contributed by atoms with Crippen LogP contribution in [0.25, 0.3) is 6.08 Å². The predicted molar refractivity (Wildman–Crippen MR) is 144 cm³/mol. The van der Waals surface area contributed by atoms with Gasteiger partial charge in [-0.05, 0) is 61.0 Å². The normalized spacial score (nSPS) is 14.9. The van der Waals surface area contributed by atoms with Crippen molar-refractivity contribution in [1.29, 1.82) is 0 Å². The monoisotopic (exact) mass is 612 g/mol. The number of carbonyl (C=O) groups excluding carboxylic acids is 3. The second-order valence-electron chi connectivity index (χ2n) is 8.29. The van der Waals surface area contributed by atoms with E-state index in [0.29, 0.717) is 44.0 Å². The molecule has 13 heteroatoms. The number of alkyl halides is 3. The van der Waals surface area contributed by atoms with E-state index in [2.05, 4.69) is 0 Å². The minimum atomic E-state index is -4.76. The third-order valence-corrected chi connectivity index (χ3v) is 6.50. The van der Waals surface area contributed by atoms with Gasteiger partial charge >= 0.3 is 12.2 Å². The molecule has 0 unspecified atom stereocenters. The number of imide groups is 2. The second-order valence-corrected chi connectivity index (χ2v) is 9.54. The van der Waals surface area contributed by atoms with E-state index in [-0.39, 0.29) is 24.0 Å². The molecule has 3 aromatic carbocycles. The van der Waals surface area contributed by atoms with Crippen LogP contribution in [0.1, 0.15) is 23.6 Å². The van der Waals surface area contributed by atoms with E-state index < -0.39 is 40.8 Å². The lowest BCUT2D eigenvalue weighted by Gasteiger charge is -2.27. The number of hydrogen-bond acceptors (Lipinski definition) is 5. The molecule has 0 radical (unpaired) electrons. The molecule has 0 saturated carbocycles. The van der Waals surface area contributed by atoms with Crippen molar-refractivity contribution in [3.63, 3.8) is 0 Å². The molecule has 0 atom stereocenters. The topological polar surface area (TPSA) is 84.9 Å². The first-order valence-corrected chi connectivity index (χ1v) is 12.6. The largest absolute Gasteiger partial charge is 0.490 e. The summed E-state index contributed by atoms with van der Waals surface area (Å²) in [4.78, 5) is 38.6. The highest BCUT2D eigenvalue weighted by atomic mass is 35.5. The molecule has 3 aromatic rings. The van der Waals surface area contributed by atoms with Crippen LogP contribution in [-0.2, 0) is 22.4 Å². The van der Waals surface area contributed by atoms with Crippen LogP contribution in [0, 0.1) is 0 Å². The molecule has 4 rings (SSSR count). The highest BCUT2D eigenvalue weighted by Crippen LogP contribution is 2.37. The Morgan fingerprint density at radius 1 is 0.900 bits per heavy atom. The van der Waals surface area contributed by atoms with Gasteiger partial charge in [0.2, 0.25) is 0 Å². The number of amides is 4. The fourth-order valence-electron chi connectivity index (χ4n) is 3.70. The first-order valence-electron chi connectivity index (χ1n) is 11.5. The maximum atomic E-state index is 13.3. The number of anilines is 1. The van der Waals surface area contributed by atoms with E-state index in [1.807, 2.05) is 5.32 Å². The van der Waals surface area contributed by atoms with Crippen molar-refractivity contribution >= 4 is 64.4 Å². The molecule has 0 spiro atoms. The SMILES string of the molecule is CCOc1cc(/C=C2\C(=O)NC(=O)N(c3cc(C(F)(F)F)ccc3Cl)C2=O)ccc1OCc1ccc(Cl)cc1Cl. The van der Waals surface area contributed by atoms with Gasteiger partial charge in [0.1, 0.15) is 12.2 Å². The van der Waals surface area contributed by atoms with Gasteiger partial charge < -0.3 is 9.47 Å². The summed E-state index contributed by atoms with van der Waals surface area (Å²) >= 11 is 18.2. The van der Waals surface area contributed by atoms with Crippen molar-refractivity contribution in [3.05, 3.63) is 91.9 Å². The van der Waals surface area contributed by atoms with Crippen LogP contribution in [0.3, 0.4) is 0 Å². The fourth-order valence-corrected chi connectivity index (χ4v) is 4.36. The number of nitrogens with one attached hydrogen (secondary N) is 1. The number of urea groups is 1. The average Bonchev–Trinajstić information content (AvgIpc) is 2.87. The zero-order chi connectivity index (χ0) is 29.2. The molecular weight excluding hydrogens is 596 g/mol. The highest BCUT2D eigenvalue weighted by molar-refractivity contribution is 6.42. The number of nitrogens with zero attached hydrogens (tertiary/aromatic N) is 1. The Kier molecular flexibility index (Phi) is 8.62. The minimum Gasteiger partial charge on any atom is -0.490 e. The summed E-state index contributed by atoms with van der Waals surface area (Å²) in [5, 5.41) is 2.54. The number of halogens is 6. The number of carbonyl (C=O) groups is 3. The van der Waals surface area contributed by atoms with Gasteiger partial charge in [0.25, 0.3) is 11.8 Å². The Morgan fingerprint density at radius 3 is 2.33 bits per heavy atom. The fraction of sp³-hybridized carbons (Fsp3) is 0.148. The first kappa shape index (κ1) is 29.3. The Morgan fingerprint density at radius 2 is 1.65 bits per heavy atom. The molecule has 7 nitrogen and oxygen atoms in total. The zero-order valence-electron chi connectivity index (χ0n) is 20.4. The van der Waals surface area contributed by atoms with Crippen molar-refractivity contribution in [2.24, 2.45) is 0 Å². The van der Waals surface area contributed by atoms with Crippen molar-refractivity contribution in [2.75, 3.05) is 11.5 Å². The number of barbiturate groups is 1. The van der Waals surface area contributed by atoms with Crippen molar-refractivity contribution < 1.29 is 37.0 Å². The van der Waals surface area contributed by atoms with E-state index in [1.165, 1.54) is 18.2 Å². The summed E-state index contributed by atoms with van der Waals surface area (Å²) in [5.41, 5.74) is -1.20. The van der Waals surface area contributed by atoms with Crippen molar-refractivity contribution in [3.8, 4) is 11.5 Å². The van der Waals surface area contributed by atoms with E-state index in [9.17, 15) is 27.6 Å². The quantitative estimate of drug-likeness (QED) is 0.223. The van der Waals surface area contributed by atoms with Crippen molar-refractivity contribution in [1.82, 2.24) is 5.32 Å². The van der Waals surface area contributed by atoms with Crippen LogP contribution in [-0.4, -0.2) is 24.5 Å². The number of hydrogen-bond donors (Lipinski definition) is 1. The molecule has 0 aromatic heterocycles. The molecule has 1 saturated heterocycles. The lowest BCUT2D eigenvalue weighted by Crippen LogP contribution is -2.54. The standard InChI is InChI=1S/C27H18Cl3F3N2O5/c1-2-39-23-10-14(3-8-22(23)40-13-15-4-6-17(28)12-20(15)30)9-18-24(36)34-26(38)35(25(18)37)21-11-16(27(31,32)33)5-7-19(21)29/h3-12H,2,13H2,1H3,(H,34,36,38)/b18-9+. The van der Waals surface area contributed by atoms with Crippen molar-refractivity contribution in [2.45, 2.75) is 19.7 Å². The molecule has 0 bridgehead atoms. The van der Waals surface area contributed by atoms with Gasteiger partial charge in [0.05, 0.1) is 22.9 Å². The molecule has 40 heavy (non-hydrogen) atoms. The zero-order valence-corrected chi connectivity index (χ0v) is 22.7. The molecular formula is C27H18Cl3F3N2O5. The Balaban J connectivity index is 1.65. The van der Waals surface area contributed by atoms with Gasteiger partial charge in [-0.25, -0.2) is 9.69 Å². The number of rotatable bonds is 7. The smallest absolute Gasteiger partial charge is 0.416 e. The second kappa shape index (κ2) is 11.8. The average molecular weight is 614 g/mol. The van der Waals surface area contributed by atoms with Crippen LogP contribution in [0.4, 0.5) is 23.7 Å². The summed E-state index contributed by atoms with van der Waals surface area (Å²) in [6.45, 7) is 2.09. The molecule has 208 valence electrons. The molecule has 1 aliphatic heterocycles.